The Bertz CT molecular complexity index is 831. The third kappa shape index (κ3) is 7.56. The second-order valence-electron chi connectivity index (χ2n) is 8.07. The van der Waals surface area contributed by atoms with Gasteiger partial charge in [-0.25, -0.2) is 0 Å². The summed E-state index contributed by atoms with van der Waals surface area (Å²) in [5.41, 5.74) is 3.37. The van der Waals surface area contributed by atoms with E-state index in [9.17, 15) is 0 Å². The maximum absolute atomic E-state index is 7.00. The molecule has 0 amide bonds. The number of fused-ring (bicyclic) bond motifs is 1. The Hall–Kier alpha value is -2.57. The Kier molecular flexibility index (Phi) is 10.3. The molecule has 6 nitrogen and oxygen atoms in total. The maximum atomic E-state index is 7.00. The molecule has 6 heteroatoms. The summed E-state index contributed by atoms with van der Waals surface area (Å²) in [6.45, 7) is 9.31. The summed E-state index contributed by atoms with van der Waals surface area (Å²) in [4.78, 5) is 10.5. The first-order valence-corrected chi connectivity index (χ1v) is 10.9. The average Bonchev–Trinajstić information content (AvgIpc) is 3.34. The number of aliphatic hydroxyl groups is 1. The predicted octanol–water partition coefficient (Wildman–Crippen LogP) is 4.65. The number of hydrogen-bond acceptors (Lipinski definition) is 5. The largest absolute Gasteiger partial charge is 0.493 e. The van der Waals surface area contributed by atoms with Gasteiger partial charge in [-0.05, 0) is 44.4 Å². The van der Waals surface area contributed by atoms with E-state index in [0.29, 0.717) is 30.1 Å². The molecule has 3 rings (SSSR count). The first-order chi connectivity index (χ1) is 15.1. The van der Waals surface area contributed by atoms with Gasteiger partial charge in [0.15, 0.2) is 11.5 Å². The molecular weight excluding hydrogens is 390 g/mol. The van der Waals surface area contributed by atoms with Crippen LogP contribution >= 0.6 is 0 Å². The molecule has 0 aliphatic carbocycles. The van der Waals surface area contributed by atoms with E-state index in [-0.39, 0.29) is 0 Å². The van der Waals surface area contributed by atoms with Gasteiger partial charge in [0.2, 0.25) is 0 Å². The second kappa shape index (κ2) is 13.0. The Morgan fingerprint density at radius 1 is 1.19 bits per heavy atom. The van der Waals surface area contributed by atoms with Gasteiger partial charge in [-0.2, -0.15) is 0 Å². The number of allylic oxidation sites excluding steroid dienone is 4. The average molecular weight is 428 g/mol. The van der Waals surface area contributed by atoms with Gasteiger partial charge >= 0.3 is 0 Å². The number of hydrogen-bond donors (Lipinski definition) is 2. The third-order valence-corrected chi connectivity index (χ3v) is 5.19. The lowest BCUT2D eigenvalue weighted by atomic mass is 10.2. The second-order valence-corrected chi connectivity index (χ2v) is 8.07. The molecule has 2 aliphatic rings. The number of aromatic nitrogens is 1. The van der Waals surface area contributed by atoms with Gasteiger partial charge in [-0.1, -0.05) is 32.1 Å². The van der Waals surface area contributed by atoms with Crippen LogP contribution < -0.4 is 0 Å². The van der Waals surface area contributed by atoms with Gasteiger partial charge in [-0.15, -0.1) is 0 Å². The zero-order chi connectivity index (χ0) is 22.6. The fourth-order valence-corrected chi connectivity index (χ4v) is 3.56. The van der Waals surface area contributed by atoms with E-state index >= 15 is 0 Å². The molecule has 0 aromatic carbocycles. The number of aromatic amines is 1. The summed E-state index contributed by atoms with van der Waals surface area (Å²) >= 11 is 0. The van der Waals surface area contributed by atoms with E-state index in [1.54, 1.807) is 13.3 Å². The van der Waals surface area contributed by atoms with Crippen molar-refractivity contribution in [1.82, 2.24) is 9.88 Å². The van der Waals surface area contributed by atoms with E-state index in [1.807, 2.05) is 30.5 Å². The summed E-state index contributed by atoms with van der Waals surface area (Å²) in [6.07, 6.45) is 16.1. The van der Waals surface area contributed by atoms with E-state index in [0.717, 1.165) is 24.9 Å². The van der Waals surface area contributed by atoms with Crippen molar-refractivity contribution in [3.8, 4) is 0 Å². The smallest absolute Gasteiger partial charge is 0.162 e. The summed E-state index contributed by atoms with van der Waals surface area (Å²) in [5, 5.41) is 7.00. The van der Waals surface area contributed by atoms with Crippen LogP contribution in [0.3, 0.4) is 0 Å². The number of nitrogens with zero attached hydrogens (tertiary/aromatic N) is 2. The van der Waals surface area contributed by atoms with Crippen molar-refractivity contribution in [1.29, 1.82) is 0 Å². The molecule has 1 atom stereocenters. The fraction of sp³-hybridized carbons (Fsp3) is 0.480. The Morgan fingerprint density at radius 3 is 2.65 bits per heavy atom. The lowest BCUT2D eigenvalue weighted by Crippen LogP contribution is -2.26. The van der Waals surface area contributed by atoms with Crippen LogP contribution in [0.1, 0.15) is 50.6 Å². The van der Waals surface area contributed by atoms with Crippen molar-refractivity contribution in [3.05, 3.63) is 65.0 Å². The standard InChI is InChI=1S/C24H33N3O2.CH4O/c1-18(2)17-29-24-10-6-5-9-20-14-21(16-27-13-7-8-19(27)3)26-22(20)15-25-12-11-23(24)28-4;1-2/h5-6,9-12,14-15,18-19,26H,7-8,13,16-17H2,1-4H3;2H,1H3/b6-5?,9-5+,10-6+,12-11-,20-9?,22-15?,23-11?,24-10?,24-23-,25-12?,25-15?;. The quantitative estimate of drug-likeness (QED) is 0.693. The molecule has 2 N–H and O–H groups in total. The number of methoxy groups -OCH3 is 1. The van der Waals surface area contributed by atoms with Crippen molar-refractivity contribution in [2.75, 3.05) is 27.4 Å². The Morgan fingerprint density at radius 2 is 1.97 bits per heavy atom. The van der Waals surface area contributed by atoms with E-state index < -0.39 is 0 Å². The van der Waals surface area contributed by atoms with Crippen LogP contribution in [0, 0.1) is 5.92 Å². The highest BCUT2D eigenvalue weighted by atomic mass is 16.5. The van der Waals surface area contributed by atoms with Crippen LogP contribution in [0.2, 0.25) is 0 Å². The van der Waals surface area contributed by atoms with Gasteiger partial charge in [-0.3, -0.25) is 9.89 Å². The number of likely N-dealkylation sites (tertiary alicyclic amines) is 1. The minimum Gasteiger partial charge on any atom is -0.493 e. The summed E-state index contributed by atoms with van der Waals surface area (Å²) < 4.78 is 11.4. The number of H-pyrrole nitrogens is 1. The number of nitrogens with one attached hydrogen (secondary N) is 1. The lowest BCUT2D eigenvalue weighted by molar-refractivity contribution is 0.168. The Balaban J connectivity index is 0.00000166. The minimum atomic E-state index is 0.437. The molecule has 170 valence electrons. The fourth-order valence-electron chi connectivity index (χ4n) is 3.56. The van der Waals surface area contributed by atoms with Crippen molar-refractivity contribution < 1.29 is 14.6 Å². The van der Waals surface area contributed by atoms with Crippen LogP contribution in [-0.2, 0) is 16.0 Å². The summed E-state index contributed by atoms with van der Waals surface area (Å²) in [6, 6.07) is 2.87. The highest BCUT2D eigenvalue weighted by Gasteiger charge is 2.20. The zero-order valence-electron chi connectivity index (χ0n) is 19.5. The molecule has 0 spiro atoms. The lowest BCUT2D eigenvalue weighted by Gasteiger charge is -2.19. The first kappa shape index (κ1) is 24.7. The number of rotatable bonds is 6. The minimum absolute atomic E-state index is 0.437. The van der Waals surface area contributed by atoms with Gasteiger partial charge in [0, 0.05) is 43.2 Å². The Labute approximate surface area is 186 Å². The normalized spacial score (nSPS) is 24.4. The molecule has 1 aromatic rings. The molecule has 3 heterocycles. The van der Waals surface area contributed by atoms with Crippen LogP contribution in [0.5, 0.6) is 0 Å². The number of aliphatic hydroxyl groups excluding tert-OH is 1. The molecular formula is C25H37N3O3. The molecule has 1 saturated heterocycles. The van der Waals surface area contributed by atoms with Gasteiger partial charge < -0.3 is 19.6 Å². The first-order valence-electron chi connectivity index (χ1n) is 10.9. The SMILES string of the molecule is CO.COC1=C(OCC(C)C)/C=C/C=C/c2cc(CN3CCCC3C)[nH]c2C=N/C=C\1. The summed E-state index contributed by atoms with van der Waals surface area (Å²) in [7, 11) is 2.65. The van der Waals surface area contributed by atoms with Gasteiger partial charge in [0.05, 0.1) is 25.6 Å². The van der Waals surface area contributed by atoms with Crippen molar-refractivity contribution >= 4 is 12.3 Å². The van der Waals surface area contributed by atoms with Crippen LogP contribution in [0.15, 0.2) is 53.1 Å². The highest BCUT2D eigenvalue weighted by molar-refractivity contribution is 5.84. The molecule has 1 fully saturated rings. The van der Waals surface area contributed by atoms with Gasteiger partial charge in [0.25, 0.3) is 0 Å². The predicted molar refractivity (Wildman–Crippen MR) is 128 cm³/mol. The molecule has 0 radical (unpaired) electrons. The van der Waals surface area contributed by atoms with E-state index in [1.165, 1.54) is 25.1 Å². The summed E-state index contributed by atoms with van der Waals surface area (Å²) in [5.74, 6) is 1.80. The van der Waals surface area contributed by atoms with E-state index in [4.69, 9.17) is 14.6 Å². The van der Waals surface area contributed by atoms with Crippen molar-refractivity contribution in [3.63, 3.8) is 0 Å². The molecule has 1 unspecified atom stereocenters. The topological polar surface area (TPSA) is 70.1 Å². The molecule has 1 aromatic heterocycles. The zero-order valence-corrected chi connectivity index (χ0v) is 19.5. The maximum Gasteiger partial charge on any atom is 0.162 e. The third-order valence-electron chi connectivity index (χ3n) is 5.19. The van der Waals surface area contributed by atoms with E-state index in [2.05, 4.69) is 47.8 Å². The van der Waals surface area contributed by atoms with Crippen LogP contribution in [0.4, 0.5) is 0 Å². The van der Waals surface area contributed by atoms with Crippen LogP contribution in [0.25, 0.3) is 6.08 Å². The van der Waals surface area contributed by atoms with Crippen molar-refractivity contribution in [2.24, 2.45) is 10.9 Å². The van der Waals surface area contributed by atoms with Crippen molar-refractivity contribution in [2.45, 2.75) is 46.2 Å². The number of ether oxygens (including phenoxy) is 2. The number of aliphatic imine (C=N–C) groups is 1. The molecule has 0 bridgehead atoms. The highest BCUT2D eigenvalue weighted by Crippen LogP contribution is 2.21. The monoisotopic (exact) mass is 427 g/mol. The van der Waals surface area contributed by atoms with Gasteiger partial charge in [0.1, 0.15) is 0 Å². The van der Waals surface area contributed by atoms with Crippen LogP contribution in [-0.4, -0.2) is 54.6 Å². The molecule has 0 saturated carbocycles. The molecule has 2 aliphatic heterocycles. The molecule has 31 heavy (non-hydrogen) atoms.